The van der Waals surface area contributed by atoms with E-state index in [9.17, 15) is 0 Å². The highest BCUT2D eigenvalue weighted by molar-refractivity contribution is 9.08. The Balaban J connectivity index is 2.42. The number of nitrogens with zero attached hydrogens (tertiary/aromatic N) is 1. The number of benzene rings is 2. The van der Waals surface area contributed by atoms with Crippen molar-refractivity contribution >= 4 is 38.9 Å². The molecule has 2 aromatic rings. The molecule has 100 valence electrons. The van der Waals surface area contributed by atoms with Crippen molar-refractivity contribution in [1.29, 1.82) is 0 Å². The molecular weight excluding hydrogens is 322 g/mol. The zero-order chi connectivity index (χ0) is 13.8. The van der Waals surface area contributed by atoms with Crippen LogP contribution in [0, 0.1) is 6.92 Å². The third-order valence-corrected chi connectivity index (χ3v) is 4.04. The summed E-state index contributed by atoms with van der Waals surface area (Å²) < 4.78 is 0. The van der Waals surface area contributed by atoms with Gasteiger partial charge in [-0.25, -0.2) is 0 Å². The fourth-order valence-corrected chi connectivity index (χ4v) is 2.79. The first-order valence-corrected chi connectivity index (χ1v) is 7.84. The predicted octanol–water partition coefficient (Wildman–Crippen LogP) is 5.70. The standard InChI is InChI=1S/C16H17BrClN/c1-3-19(14-6-4-5-12(2)9-14)16-8-7-13(11-17)10-15(16)18/h4-10H,3,11H2,1-2H3. The summed E-state index contributed by atoms with van der Waals surface area (Å²) in [6.45, 7) is 5.13. The van der Waals surface area contributed by atoms with Crippen molar-refractivity contribution in [3.05, 3.63) is 58.6 Å². The van der Waals surface area contributed by atoms with E-state index in [1.165, 1.54) is 16.8 Å². The molecule has 0 amide bonds. The fourth-order valence-electron chi connectivity index (χ4n) is 2.14. The molecule has 0 aliphatic carbocycles. The molecule has 3 heteroatoms. The second kappa shape index (κ2) is 6.44. The Labute approximate surface area is 128 Å². The van der Waals surface area contributed by atoms with Crippen molar-refractivity contribution in [2.75, 3.05) is 11.4 Å². The predicted molar refractivity (Wildman–Crippen MR) is 87.9 cm³/mol. The molecule has 1 nitrogen and oxygen atoms in total. The zero-order valence-corrected chi connectivity index (χ0v) is 13.5. The van der Waals surface area contributed by atoms with Gasteiger partial charge in [-0.05, 0) is 49.2 Å². The van der Waals surface area contributed by atoms with Gasteiger partial charge in [0.1, 0.15) is 0 Å². The van der Waals surface area contributed by atoms with Gasteiger partial charge in [-0.15, -0.1) is 0 Å². The summed E-state index contributed by atoms with van der Waals surface area (Å²) in [6.07, 6.45) is 0. The van der Waals surface area contributed by atoms with E-state index >= 15 is 0 Å². The van der Waals surface area contributed by atoms with Crippen LogP contribution in [0.3, 0.4) is 0 Å². The maximum Gasteiger partial charge on any atom is 0.0646 e. The van der Waals surface area contributed by atoms with E-state index < -0.39 is 0 Å². The molecule has 0 heterocycles. The summed E-state index contributed by atoms with van der Waals surface area (Å²) in [4.78, 5) is 2.23. The van der Waals surface area contributed by atoms with Crippen LogP contribution in [0.2, 0.25) is 5.02 Å². The largest absolute Gasteiger partial charge is 0.341 e. The van der Waals surface area contributed by atoms with Crippen LogP contribution in [0.1, 0.15) is 18.1 Å². The summed E-state index contributed by atoms with van der Waals surface area (Å²) in [5.41, 5.74) is 4.67. The summed E-state index contributed by atoms with van der Waals surface area (Å²) in [5.74, 6) is 0. The minimum absolute atomic E-state index is 0.792. The Bertz CT molecular complexity index is 568. The van der Waals surface area contributed by atoms with Crippen molar-refractivity contribution in [2.45, 2.75) is 19.2 Å². The minimum Gasteiger partial charge on any atom is -0.341 e. The third-order valence-electron chi connectivity index (χ3n) is 3.09. The van der Waals surface area contributed by atoms with E-state index in [1.54, 1.807) is 0 Å². The van der Waals surface area contributed by atoms with Gasteiger partial charge in [0.15, 0.2) is 0 Å². The van der Waals surface area contributed by atoms with Gasteiger partial charge in [-0.1, -0.05) is 45.7 Å². The van der Waals surface area contributed by atoms with Gasteiger partial charge < -0.3 is 4.90 Å². The molecule has 19 heavy (non-hydrogen) atoms. The number of halogens is 2. The van der Waals surface area contributed by atoms with Crippen LogP contribution in [-0.4, -0.2) is 6.54 Å². The number of aryl methyl sites for hydroxylation is 1. The van der Waals surface area contributed by atoms with Gasteiger partial charge in [0.2, 0.25) is 0 Å². The van der Waals surface area contributed by atoms with Gasteiger partial charge in [0.05, 0.1) is 10.7 Å². The van der Waals surface area contributed by atoms with E-state index in [-0.39, 0.29) is 0 Å². The van der Waals surface area contributed by atoms with E-state index in [0.29, 0.717) is 0 Å². The first kappa shape index (κ1) is 14.4. The van der Waals surface area contributed by atoms with Gasteiger partial charge in [-0.2, -0.15) is 0 Å². The van der Waals surface area contributed by atoms with Crippen molar-refractivity contribution < 1.29 is 0 Å². The van der Waals surface area contributed by atoms with Crippen LogP contribution in [0.15, 0.2) is 42.5 Å². The SMILES string of the molecule is CCN(c1cccc(C)c1)c1ccc(CBr)cc1Cl. The smallest absolute Gasteiger partial charge is 0.0646 e. The lowest BCUT2D eigenvalue weighted by Gasteiger charge is -2.25. The van der Waals surface area contributed by atoms with Crippen LogP contribution < -0.4 is 4.90 Å². The molecule has 0 saturated heterocycles. The van der Waals surface area contributed by atoms with E-state index in [4.69, 9.17) is 11.6 Å². The minimum atomic E-state index is 0.792. The number of hydrogen-bond acceptors (Lipinski definition) is 1. The molecule has 0 bridgehead atoms. The molecule has 0 aliphatic heterocycles. The number of alkyl halides is 1. The molecule has 2 aromatic carbocycles. The third kappa shape index (κ3) is 3.31. The Kier molecular flexibility index (Phi) is 4.89. The number of rotatable bonds is 4. The highest BCUT2D eigenvalue weighted by Crippen LogP contribution is 2.33. The van der Waals surface area contributed by atoms with Gasteiger partial charge >= 0.3 is 0 Å². The normalized spacial score (nSPS) is 10.5. The lowest BCUT2D eigenvalue weighted by Crippen LogP contribution is -2.16. The summed E-state index contributed by atoms with van der Waals surface area (Å²) in [5, 5.41) is 1.61. The molecule has 0 spiro atoms. The molecule has 0 fully saturated rings. The maximum atomic E-state index is 6.41. The number of hydrogen-bond donors (Lipinski definition) is 0. The fraction of sp³-hybridized carbons (Fsp3) is 0.250. The Hall–Kier alpha value is -0.990. The van der Waals surface area contributed by atoms with Crippen molar-refractivity contribution in [1.82, 2.24) is 0 Å². The van der Waals surface area contributed by atoms with Gasteiger partial charge in [0.25, 0.3) is 0 Å². The summed E-state index contributed by atoms with van der Waals surface area (Å²) >= 11 is 9.86. The monoisotopic (exact) mass is 337 g/mol. The lowest BCUT2D eigenvalue weighted by atomic mass is 10.1. The molecule has 0 radical (unpaired) electrons. The van der Waals surface area contributed by atoms with E-state index in [1.807, 2.05) is 6.07 Å². The van der Waals surface area contributed by atoms with Crippen LogP contribution in [-0.2, 0) is 5.33 Å². The highest BCUT2D eigenvalue weighted by Gasteiger charge is 2.11. The Morgan fingerprint density at radius 1 is 1.16 bits per heavy atom. The first-order valence-electron chi connectivity index (χ1n) is 6.34. The van der Waals surface area contributed by atoms with Gasteiger partial charge in [0, 0.05) is 17.6 Å². The van der Waals surface area contributed by atoms with E-state index in [0.717, 1.165) is 22.6 Å². The molecule has 0 unspecified atom stereocenters. The molecule has 0 N–H and O–H groups in total. The van der Waals surface area contributed by atoms with Gasteiger partial charge in [-0.3, -0.25) is 0 Å². The van der Waals surface area contributed by atoms with Crippen molar-refractivity contribution in [3.63, 3.8) is 0 Å². The Morgan fingerprint density at radius 2 is 1.95 bits per heavy atom. The topological polar surface area (TPSA) is 3.24 Å². The average Bonchev–Trinajstić information content (AvgIpc) is 2.41. The second-order valence-electron chi connectivity index (χ2n) is 4.50. The molecule has 0 atom stereocenters. The maximum absolute atomic E-state index is 6.41. The average molecular weight is 339 g/mol. The second-order valence-corrected chi connectivity index (χ2v) is 5.47. The summed E-state index contributed by atoms with van der Waals surface area (Å²) in [6, 6.07) is 14.7. The zero-order valence-electron chi connectivity index (χ0n) is 11.2. The molecule has 0 aromatic heterocycles. The van der Waals surface area contributed by atoms with Crippen LogP contribution in [0.5, 0.6) is 0 Å². The molecule has 0 aliphatic rings. The lowest BCUT2D eigenvalue weighted by molar-refractivity contribution is 1.02. The van der Waals surface area contributed by atoms with Crippen molar-refractivity contribution in [2.24, 2.45) is 0 Å². The van der Waals surface area contributed by atoms with E-state index in [2.05, 4.69) is 71.1 Å². The highest BCUT2D eigenvalue weighted by atomic mass is 79.9. The van der Waals surface area contributed by atoms with Crippen LogP contribution in [0.4, 0.5) is 11.4 Å². The summed E-state index contributed by atoms with van der Waals surface area (Å²) in [7, 11) is 0. The first-order chi connectivity index (χ1) is 9.15. The number of anilines is 2. The van der Waals surface area contributed by atoms with Crippen molar-refractivity contribution in [3.8, 4) is 0 Å². The quantitative estimate of drug-likeness (QED) is 0.646. The van der Waals surface area contributed by atoms with Crippen LogP contribution >= 0.6 is 27.5 Å². The Morgan fingerprint density at radius 3 is 2.53 bits per heavy atom. The molecule has 0 saturated carbocycles. The molecule has 2 rings (SSSR count). The molecular formula is C16H17BrClN. The van der Waals surface area contributed by atoms with Crippen LogP contribution in [0.25, 0.3) is 0 Å².